The second-order valence-electron chi connectivity index (χ2n) is 3.57. The van der Waals surface area contributed by atoms with Crippen molar-refractivity contribution in [3.63, 3.8) is 0 Å². The van der Waals surface area contributed by atoms with Crippen molar-refractivity contribution in [2.24, 2.45) is 7.05 Å². The van der Waals surface area contributed by atoms with E-state index >= 15 is 0 Å². The molecule has 0 amide bonds. The molecule has 0 bridgehead atoms. The number of anilines is 1. The van der Waals surface area contributed by atoms with Crippen LogP contribution in [0, 0.1) is 5.82 Å². The Labute approximate surface area is 92.1 Å². The van der Waals surface area contributed by atoms with Crippen molar-refractivity contribution < 1.29 is 9.50 Å². The molecule has 5 heteroatoms. The zero-order valence-corrected chi connectivity index (χ0v) is 8.76. The van der Waals surface area contributed by atoms with E-state index in [-0.39, 0.29) is 5.82 Å². The van der Waals surface area contributed by atoms with Crippen LogP contribution >= 0.6 is 0 Å². The second-order valence-corrected chi connectivity index (χ2v) is 3.57. The zero-order valence-electron chi connectivity index (χ0n) is 8.76. The molecule has 0 aliphatic heterocycles. The fraction of sp³-hybridized carbons (Fsp3) is 0.182. The first-order valence-corrected chi connectivity index (χ1v) is 4.80. The van der Waals surface area contributed by atoms with E-state index in [0.717, 1.165) is 0 Å². The lowest BCUT2D eigenvalue weighted by molar-refractivity contribution is 0.220. The van der Waals surface area contributed by atoms with Gasteiger partial charge in [-0.2, -0.15) is 5.10 Å². The van der Waals surface area contributed by atoms with Gasteiger partial charge in [-0.05, 0) is 17.7 Å². The number of aromatic nitrogens is 2. The minimum atomic E-state index is -0.954. The van der Waals surface area contributed by atoms with Gasteiger partial charge in [0, 0.05) is 12.6 Å². The van der Waals surface area contributed by atoms with Crippen LogP contribution in [0.25, 0.3) is 0 Å². The predicted molar refractivity (Wildman–Crippen MR) is 58.1 cm³/mol. The molecule has 0 aliphatic rings. The van der Waals surface area contributed by atoms with Gasteiger partial charge in [0.05, 0.1) is 6.20 Å². The summed E-state index contributed by atoms with van der Waals surface area (Å²) in [6.45, 7) is 0. The monoisotopic (exact) mass is 221 g/mol. The summed E-state index contributed by atoms with van der Waals surface area (Å²) in [4.78, 5) is 0. The molecule has 0 saturated carbocycles. The number of nitrogens with two attached hydrogens (primary N) is 1. The van der Waals surface area contributed by atoms with Gasteiger partial charge in [-0.1, -0.05) is 12.1 Å². The molecule has 0 radical (unpaired) electrons. The lowest BCUT2D eigenvalue weighted by Gasteiger charge is -2.10. The minimum Gasteiger partial charge on any atom is -0.384 e. The van der Waals surface area contributed by atoms with Gasteiger partial charge in [-0.25, -0.2) is 4.39 Å². The number of nitrogen functional groups attached to an aromatic ring is 1. The first kappa shape index (κ1) is 10.6. The maximum absolute atomic E-state index is 13.0. The van der Waals surface area contributed by atoms with Crippen LogP contribution in [0.4, 0.5) is 10.2 Å². The number of hydrogen-bond acceptors (Lipinski definition) is 3. The van der Waals surface area contributed by atoms with E-state index in [2.05, 4.69) is 5.10 Å². The van der Waals surface area contributed by atoms with Crippen LogP contribution in [-0.4, -0.2) is 14.9 Å². The molecule has 16 heavy (non-hydrogen) atoms. The number of halogens is 1. The highest BCUT2D eigenvalue weighted by Gasteiger charge is 2.16. The van der Waals surface area contributed by atoms with Crippen LogP contribution in [0.5, 0.6) is 0 Å². The number of nitrogens with zero attached hydrogens (tertiary/aromatic N) is 2. The van der Waals surface area contributed by atoms with Crippen LogP contribution in [0.15, 0.2) is 30.5 Å². The van der Waals surface area contributed by atoms with Crippen LogP contribution in [0.1, 0.15) is 17.2 Å². The van der Waals surface area contributed by atoms with Gasteiger partial charge in [-0.3, -0.25) is 4.68 Å². The van der Waals surface area contributed by atoms with E-state index in [1.54, 1.807) is 19.2 Å². The maximum Gasteiger partial charge on any atom is 0.127 e. The Balaban J connectivity index is 2.39. The van der Waals surface area contributed by atoms with E-state index in [4.69, 9.17) is 5.73 Å². The highest BCUT2D eigenvalue weighted by molar-refractivity contribution is 5.44. The Morgan fingerprint density at radius 3 is 2.81 bits per heavy atom. The third-order valence-corrected chi connectivity index (χ3v) is 2.47. The highest BCUT2D eigenvalue weighted by Crippen LogP contribution is 2.26. The lowest BCUT2D eigenvalue weighted by Crippen LogP contribution is -2.05. The Kier molecular flexibility index (Phi) is 2.62. The molecule has 2 rings (SSSR count). The zero-order chi connectivity index (χ0) is 11.7. The Morgan fingerprint density at radius 2 is 2.25 bits per heavy atom. The fourth-order valence-corrected chi connectivity index (χ4v) is 1.53. The quantitative estimate of drug-likeness (QED) is 0.801. The molecule has 1 atom stereocenters. The molecule has 2 aromatic rings. The molecular weight excluding hydrogens is 209 g/mol. The van der Waals surface area contributed by atoms with Crippen molar-refractivity contribution in [1.82, 2.24) is 9.78 Å². The van der Waals surface area contributed by atoms with Gasteiger partial charge in [0.15, 0.2) is 0 Å². The summed E-state index contributed by atoms with van der Waals surface area (Å²) < 4.78 is 14.4. The van der Waals surface area contributed by atoms with Gasteiger partial charge in [-0.15, -0.1) is 0 Å². The highest BCUT2D eigenvalue weighted by atomic mass is 19.1. The molecule has 4 nitrogen and oxygen atoms in total. The smallest absolute Gasteiger partial charge is 0.127 e. The van der Waals surface area contributed by atoms with Gasteiger partial charge in [0.25, 0.3) is 0 Å². The van der Waals surface area contributed by atoms with Crippen molar-refractivity contribution in [2.75, 3.05) is 5.73 Å². The topological polar surface area (TPSA) is 64.1 Å². The van der Waals surface area contributed by atoms with E-state index in [1.165, 1.54) is 23.0 Å². The molecule has 84 valence electrons. The number of aliphatic hydroxyl groups is 1. The molecule has 1 heterocycles. The van der Waals surface area contributed by atoms with Crippen molar-refractivity contribution >= 4 is 5.82 Å². The van der Waals surface area contributed by atoms with Gasteiger partial charge >= 0.3 is 0 Å². The second kappa shape index (κ2) is 3.94. The number of benzene rings is 1. The summed E-state index contributed by atoms with van der Waals surface area (Å²) in [7, 11) is 1.68. The molecule has 1 aromatic carbocycles. The summed E-state index contributed by atoms with van der Waals surface area (Å²) >= 11 is 0. The van der Waals surface area contributed by atoms with Crippen LogP contribution in [-0.2, 0) is 7.05 Å². The minimum absolute atomic E-state index is 0.372. The average molecular weight is 221 g/mol. The molecule has 0 fully saturated rings. The summed E-state index contributed by atoms with van der Waals surface area (Å²) in [5, 5.41) is 13.9. The van der Waals surface area contributed by atoms with Crippen LogP contribution in [0.2, 0.25) is 0 Å². The van der Waals surface area contributed by atoms with Crippen molar-refractivity contribution in [3.05, 3.63) is 47.4 Å². The molecule has 1 unspecified atom stereocenters. The van der Waals surface area contributed by atoms with Gasteiger partial charge < -0.3 is 10.8 Å². The molecule has 1 aromatic heterocycles. The van der Waals surface area contributed by atoms with E-state index < -0.39 is 6.10 Å². The summed E-state index contributed by atoms with van der Waals surface area (Å²) in [6, 6.07) is 5.78. The number of aliphatic hydroxyl groups excluding tert-OH is 1. The Morgan fingerprint density at radius 1 is 1.50 bits per heavy atom. The number of rotatable bonds is 2. The van der Waals surface area contributed by atoms with Crippen LogP contribution in [0.3, 0.4) is 0 Å². The third-order valence-electron chi connectivity index (χ3n) is 2.47. The number of aryl methyl sites for hydroxylation is 1. The predicted octanol–water partition coefficient (Wildman–Crippen LogP) is 1.22. The van der Waals surface area contributed by atoms with Crippen LogP contribution < -0.4 is 5.73 Å². The summed E-state index contributed by atoms with van der Waals surface area (Å²) in [5.41, 5.74) is 6.66. The SMILES string of the molecule is Cn1ncc(C(O)c2cccc(F)c2)c1N. The summed E-state index contributed by atoms with van der Waals surface area (Å²) in [5.74, 6) is -0.0178. The largest absolute Gasteiger partial charge is 0.384 e. The first-order chi connectivity index (χ1) is 7.59. The average Bonchev–Trinajstić information content (AvgIpc) is 2.59. The lowest BCUT2D eigenvalue weighted by atomic mass is 10.0. The standard InChI is InChI=1S/C11H12FN3O/c1-15-11(13)9(6-14-15)10(16)7-3-2-4-8(12)5-7/h2-6,10,16H,13H2,1H3. The van der Waals surface area contributed by atoms with Crippen molar-refractivity contribution in [1.29, 1.82) is 0 Å². The number of hydrogen-bond donors (Lipinski definition) is 2. The maximum atomic E-state index is 13.0. The van der Waals surface area contributed by atoms with Crippen molar-refractivity contribution in [3.8, 4) is 0 Å². The Hall–Kier alpha value is -1.88. The molecule has 0 saturated heterocycles. The molecular formula is C11H12FN3O. The molecule has 0 spiro atoms. The van der Waals surface area contributed by atoms with E-state index in [0.29, 0.717) is 16.9 Å². The summed E-state index contributed by atoms with van der Waals surface area (Å²) in [6.07, 6.45) is 0.523. The molecule has 0 aliphatic carbocycles. The van der Waals surface area contributed by atoms with Crippen molar-refractivity contribution in [2.45, 2.75) is 6.10 Å². The van der Waals surface area contributed by atoms with Gasteiger partial charge in [0.1, 0.15) is 17.7 Å². The third kappa shape index (κ3) is 1.77. The van der Waals surface area contributed by atoms with Gasteiger partial charge in [0.2, 0.25) is 0 Å². The first-order valence-electron chi connectivity index (χ1n) is 4.80. The Bertz CT molecular complexity index is 510. The fourth-order valence-electron chi connectivity index (χ4n) is 1.53. The van der Waals surface area contributed by atoms with E-state index in [9.17, 15) is 9.50 Å². The molecule has 3 N–H and O–H groups in total. The normalized spacial score (nSPS) is 12.7. The van der Waals surface area contributed by atoms with E-state index in [1.807, 2.05) is 0 Å².